The highest BCUT2D eigenvalue weighted by atomic mass is 32.1. The van der Waals surface area contributed by atoms with Crippen molar-refractivity contribution in [2.45, 2.75) is 13.8 Å². The predicted molar refractivity (Wildman–Crippen MR) is 59.0 cm³/mol. The van der Waals surface area contributed by atoms with Gasteiger partial charge in [-0.3, -0.25) is 5.43 Å². The van der Waals surface area contributed by atoms with Gasteiger partial charge in [0, 0.05) is 0 Å². The van der Waals surface area contributed by atoms with Crippen molar-refractivity contribution in [3.63, 3.8) is 0 Å². The third-order valence-electron chi connectivity index (χ3n) is 1.32. The van der Waals surface area contributed by atoms with Crippen LogP contribution in [0, 0.1) is 6.92 Å². The summed E-state index contributed by atoms with van der Waals surface area (Å²) in [6, 6.07) is 1.96. The number of aryl methyl sites for hydroxylation is 1. The molecule has 1 aromatic rings. The second-order valence-electron chi connectivity index (χ2n) is 2.51. The molecule has 0 aromatic carbocycles. The van der Waals surface area contributed by atoms with Crippen LogP contribution in [0.25, 0.3) is 0 Å². The van der Waals surface area contributed by atoms with Crippen molar-refractivity contribution in [2.75, 3.05) is 0 Å². The molecule has 3 N–H and O–H groups in total. The van der Waals surface area contributed by atoms with Crippen molar-refractivity contribution in [1.82, 2.24) is 9.80 Å². The van der Waals surface area contributed by atoms with Gasteiger partial charge in [-0.1, -0.05) is 0 Å². The van der Waals surface area contributed by atoms with E-state index in [2.05, 4.69) is 27.1 Å². The van der Waals surface area contributed by atoms with E-state index >= 15 is 0 Å². The van der Waals surface area contributed by atoms with E-state index in [1.807, 2.05) is 19.9 Å². The highest BCUT2D eigenvalue weighted by Crippen LogP contribution is 2.09. The largest absolute Gasteiger partial charge is 0.375 e. The molecule has 0 saturated carbocycles. The van der Waals surface area contributed by atoms with Crippen LogP contribution < -0.4 is 11.2 Å². The zero-order valence-corrected chi connectivity index (χ0v) is 9.00. The lowest BCUT2D eigenvalue weighted by Gasteiger charge is -1.96. The van der Waals surface area contributed by atoms with Gasteiger partial charge in [-0.2, -0.15) is 9.47 Å². The molecular weight excluding hydrogens is 204 g/mol. The van der Waals surface area contributed by atoms with Crippen LogP contribution in [0.5, 0.6) is 0 Å². The van der Waals surface area contributed by atoms with Crippen LogP contribution in [-0.2, 0) is 0 Å². The molecule has 1 aromatic heterocycles. The number of hydrazone groups is 1. The summed E-state index contributed by atoms with van der Waals surface area (Å²) >= 11 is 6.02. The van der Waals surface area contributed by atoms with E-state index in [1.54, 1.807) is 0 Å². The molecule has 0 aliphatic rings. The molecule has 0 aliphatic carbocycles. The second kappa shape index (κ2) is 4.29. The number of thiocarbonyl (C=S) groups is 1. The number of nitrogens with zero attached hydrogens (tertiary/aromatic N) is 2. The van der Waals surface area contributed by atoms with Crippen LogP contribution in [0.1, 0.15) is 17.5 Å². The number of nitrogens with one attached hydrogen (secondary N) is 1. The fourth-order valence-electron chi connectivity index (χ4n) is 0.728. The first-order valence-electron chi connectivity index (χ1n) is 3.63. The van der Waals surface area contributed by atoms with E-state index < -0.39 is 0 Å². The van der Waals surface area contributed by atoms with E-state index in [0.29, 0.717) is 0 Å². The van der Waals surface area contributed by atoms with E-state index in [9.17, 15) is 0 Å². The summed E-state index contributed by atoms with van der Waals surface area (Å²) in [6.07, 6.45) is 0. The molecule has 4 nitrogen and oxygen atoms in total. The Balaban J connectivity index is 2.72. The van der Waals surface area contributed by atoms with Crippen molar-refractivity contribution in [2.24, 2.45) is 10.8 Å². The monoisotopic (exact) mass is 214 g/mol. The average Bonchev–Trinajstić information content (AvgIpc) is 2.47. The van der Waals surface area contributed by atoms with Gasteiger partial charge in [0.15, 0.2) is 5.11 Å². The third-order valence-corrected chi connectivity index (χ3v) is 2.40. The number of hydrogen-bond donors (Lipinski definition) is 2. The lowest BCUT2D eigenvalue weighted by atomic mass is 10.3. The smallest absolute Gasteiger partial charge is 0.184 e. The van der Waals surface area contributed by atoms with E-state index in [-0.39, 0.29) is 5.11 Å². The minimum Gasteiger partial charge on any atom is -0.375 e. The zero-order valence-electron chi connectivity index (χ0n) is 7.37. The molecule has 0 bridgehead atoms. The topological polar surface area (TPSA) is 63.3 Å². The summed E-state index contributed by atoms with van der Waals surface area (Å²) in [5.74, 6) is 0. The minimum absolute atomic E-state index is 0.167. The highest BCUT2D eigenvalue weighted by Gasteiger charge is 2.01. The molecule has 0 spiro atoms. The average molecular weight is 214 g/mol. The molecule has 0 fully saturated rings. The molecule has 1 heterocycles. The number of rotatable bonds is 2. The molecule has 70 valence electrons. The summed E-state index contributed by atoms with van der Waals surface area (Å²) in [5, 5.41) is 4.15. The van der Waals surface area contributed by atoms with Crippen molar-refractivity contribution < 1.29 is 0 Å². The number of aromatic nitrogens is 1. The highest BCUT2D eigenvalue weighted by molar-refractivity contribution is 7.80. The number of nitrogens with two attached hydrogens (primary N) is 1. The summed E-state index contributed by atoms with van der Waals surface area (Å²) in [5.41, 5.74) is 9.58. The van der Waals surface area contributed by atoms with E-state index in [4.69, 9.17) is 5.73 Å². The van der Waals surface area contributed by atoms with Crippen molar-refractivity contribution in [3.05, 3.63) is 16.6 Å². The van der Waals surface area contributed by atoms with Crippen LogP contribution in [0.2, 0.25) is 0 Å². The zero-order chi connectivity index (χ0) is 9.84. The fraction of sp³-hybridized carbons (Fsp3) is 0.286. The van der Waals surface area contributed by atoms with Crippen molar-refractivity contribution in [3.8, 4) is 0 Å². The predicted octanol–water partition coefficient (Wildman–Crippen LogP) is 1.01. The Morgan fingerprint density at radius 1 is 1.77 bits per heavy atom. The van der Waals surface area contributed by atoms with E-state index in [0.717, 1.165) is 16.3 Å². The quantitative estimate of drug-likeness (QED) is 0.438. The summed E-state index contributed by atoms with van der Waals surface area (Å²) in [7, 11) is 0. The van der Waals surface area contributed by atoms with Crippen LogP contribution in [0.15, 0.2) is 11.2 Å². The van der Waals surface area contributed by atoms with Gasteiger partial charge in [-0.15, -0.1) is 0 Å². The minimum atomic E-state index is 0.167. The van der Waals surface area contributed by atoms with Gasteiger partial charge in [0.25, 0.3) is 0 Å². The molecule has 1 rings (SSSR count). The molecule has 0 unspecified atom stereocenters. The summed E-state index contributed by atoms with van der Waals surface area (Å²) in [4.78, 5) is 1.02. The van der Waals surface area contributed by atoms with Crippen molar-refractivity contribution >= 4 is 34.6 Å². The van der Waals surface area contributed by atoms with Gasteiger partial charge in [0.05, 0.1) is 16.3 Å². The fourth-order valence-corrected chi connectivity index (χ4v) is 1.47. The molecule has 0 amide bonds. The molecule has 13 heavy (non-hydrogen) atoms. The molecule has 0 radical (unpaired) electrons. The van der Waals surface area contributed by atoms with Crippen LogP contribution in [0.4, 0.5) is 0 Å². The molecule has 0 aliphatic heterocycles. The normalized spacial score (nSPS) is 11.4. The summed E-state index contributed by atoms with van der Waals surface area (Å²) < 4.78 is 4.13. The van der Waals surface area contributed by atoms with Gasteiger partial charge in [-0.25, -0.2) is 0 Å². The first kappa shape index (κ1) is 10.1. The van der Waals surface area contributed by atoms with Crippen LogP contribution in [-0.4, -0.2) is 15.2 Å². The molecule has 6 heteroatoms. The molecule has 0 saturated heterocycles. The van der Waals surface area contributed by atoms with Gasteiger partial charge >= 0.3 is 0 Å². The van der Waals surface area contributed by atoms with Gasteiger partial charge in [-0.05, 0) is 43.7 Å². The number of hydrogen-bond acceptors (Lipinski definition) is 4. The maximum Gasteiger partial charge on any atom is 0.184 e. The van der Waals surface area contributed by atoms with Crippen molar-refractivity contribution in [1.29, 1.82) is 0 Å². The van der Waals surface area contributed by atoms with Gasteiger partial charge in [0.1, 0.15) is 0 Å². The van der Waals surface area contributed by atoms with Crippen LogP contribution in [0.3, 0.4) is 0 Å². The molecule has 0 atom stereocenters. The first-order valence-corrected chi connectivity index (χ1v) is 4.81. The molecular formula is C7H10N4S2. The second-order valence-corrected chi connectivity index (χ2v) is 3.75. The Morgan fingerprint density at radius 3 is 2.92 bits per heavy atom. The Kier molecular flexibility index (Phi) is 3.32. The summed E-state index contributed by atoms with van der Waals surface area (Å²) in [6.45, 7) is 3.81. The first-order chi connectivity index (χ1) is 6.09. The lowest BCUT2D eigenvalue weighted by Crippen LogP contribution is -2.25. The Bertz CT molecular complexity index is 342. The Labute approximate surface area is 86.0 Å². The van der Waals surface area contributed by atoms with E-state index in [1.165, 1.54) is 11.5 Å². The SMILES string of the molecule is CC(=NNC(N)=S)c1cc(C)ns1. The van der Waals surface area contributed by atoms with Gasteiger partial charge < -0.3 is 5.73 Å². The van der Waals surface area contributed by atoms with Crippen LogP contribution >= 0.6 is 23.8 Å². The standard InChI is InChI=1S/C7H10N4S2/c1-4-3-6(13-11-4)5(2)9-10-7(8)12/h3H,1-2H3,(H3,8,10,12). The lowest BCUT2D eigenvalue weighted by molar-refractivity contribution is 1.03. The van der Waals surface area contributed by atoms with Gasteiger partial charge in [0.2, 0.25) is 0 Å². The Morgan fingerprint density at radius 2 is 2.46 bits per heavy atom. The Hall–Kier alpha value is -1.01. The maximum absolute atomic E-state index is 5.23. The maximum atomic E-state index is 5.23. The third kappa shape index (κ3) is 3.08.